The third-order valence-corrected chi connectivity index (χ3v) is 6.81. The highest BCUT2D eigenvalue weighted by molar-refractivity contribution is 6.13. The van der Waals surface area contributed by atoms with Crippen LogP contribution >= 0.6 is 0 Å². The lowest BCUT2D eigenvalue weighted by molar-refractivity contribution is -0.137. The summed E-state index contributed by atoms with van der Waals surface area (Å²) in [6, 6.07) is 18.7. The first-order valence-corrected chi connectivity index (χ1v) is 12.3. The summed E-state index contributed by atoms with van der Waals surface area (Å²) in [4.78, 5) is 19.3. The maximum Gasteiger partial charge on any atom is 0.416 e. The lowest BCUT2D eigenvalue weighted by Gasteiger charge is -2.21. The second kappa shape index (κ2) is 9.64. The summed E-state index contributed by atoms with van der Waals surface area (Å²) >= 11 is 0. The molecule has 2 aliphatic rings. The SMILES string of the molecule is O=C1c2c(cccc2NCc2ccc3ncccc3c2)CN1c1cc(O[C@@H]2CCOC2)cc(C(F)(F)F)c1. The third kappa shape index (κ3) is 4.77. The highest BCUT2D eigenvalue weighted by Gasteiger charge is 2.36. The molecule has 0 bridgehead atoms. The molecule has 0 radical (unpaired) electrons. The third-order valence-electron chi connectivity index (χ3n) is 6.81. The van der Waals surface area contributed by atoms with Crippen LogP contribution in [0.15, 0.2) is 72.9 Å². The Kier molecular flexibility index (Phi) is 6.15. The molecule has 1 saturated heterocycles. The summed E-state index contributed by atoms with van der Waals surface area (Å²) in [5.41, 5.74) is 3.02. The predicted molar refractivity (Wildman–Crippen MR) is 137 cm³/mol. The molecule has 6 nitrogen and oxygen atoms in total. The molecular weight excluding hydrogens is 495 g/mol. The van der Waals surface area contributed by atoms with Crippen LogP contribution in [0.5, 0.6) is 5.75 Å². The van der Waals surface area contributed by atoms with Crippen LogP contribution in [0.4, 0.5) is 24.5 Å². The van der Waals surface area contributed by atoms with Crippen molar-refractivity contribution in [3.8, 4) is 5.75 Å². The van der Waals surface area contributed by atoms with Crippen molar-refractivity contribution in [3.63, 3.8) is 0 Å². The zero-order valence-electron chi connectivity index (χ0n) is 20.3. The van der Waals surface area contributed by atoms with Gasteiger partial charge in [0.2, 0.25) is 0 Å². The molecule has 9 heteroatoms. The number of ether oxygens (including phenoxy) is 2. The van der Waals surface area contributed by atoms with E-state index in [0.717, 1.165) is 34.2 Å². The van der Waals surface area contributed by atoms with Gasteiger partial charge >= 0.3 is 6.18 Å². The van der Waals surface area contributed by atoms with E-state index in [0.29, 0.717) is 37.4 Å². The zero-order chi connectivity index (χ0) is 26.3. The summed E-state index contributed by atoms with van der Waals surface area (Å²) in [5, 5.41) is 4.35. The molecule has 6 rings (SSSR count). The van der Waals surface area contributed by atoms with Crippen molar-refractivity contribution in [1.29, 1.82) is 0 Å². The van der Waals surface area contributed by atoms with E-state index in [2.05, 4.69) is 10.3 Å². The predicted octanol–water partition coefficient (Wildman–Crippen LogP) is 6.19. The number of alkyl halides is 3. The van der Waals surface area contributed by atoms with E-state index in [1.165, 1.54) is 11.0 Å². The van der Waals surface area contributed by atoms with Gasteiger partial charge in [0, 0.05) is 42.0 Å². The number of pyridine rings is 1. The van der Waals surface area contributed by atoms with Gasteiger partial charge in [0.25, 0.3) is 5.91 Å². The molecule has 1 amide bonds. The number of carbonyl (C=O) groups is 1. The Morgan fingerprint density at radius 1 is 1.08 bits per heavy atom. The Morgan fingerprint density at radius 2 is 1.97 bits per heavy atom. The average molecular weight is 520 g/mol. The number of hydrogen-bond donors (Lipinski definition) is 1. The molecule has 3 aromatic carbocycles. The fourth-order valence-corrected chi connectivity index (χ4v) is 4.92. The van der Waals surface area contributed by atoms with Crippen LogP contribution in [0.1, 0.15) is 33.5 Å². The van der Waals surface area contributed by atoms with Gasteiger partial charge in [-0.2, -0.15) is 13.2 Å². The summed E-state index contributed by atoms with van der Waals surface area (Å²) in [5.74, 6) is -0.293. The van der Waals surface area contributed by atoms with Crippen LogP contribution in [0.3, 0.4) is 0 Å². The van der Waals surface area contributed by atoms with Crippen LogP contribution in [-0.4, -0.2) is 30.2 Å². The first-order valence-electron chi connectivity index (χ1n) is 12.3. The minimum absolute atomic E-state index is 0.0678. The molecule has 1 aromatic heterocycles. The monoisotopic (exact) mass is 519 g/mol. The van der Waals surface area contributed by atoms with Gasteiger partial charge in [-0.15, -0.1) is 0 Å². The van der Waals surface area contributed by atoms with E-state index >= 15 is 0 Å². The topological polar surface area (TPSA) is 63.7 Å². The molecule has 0 spiro atoms. The van der Waals surface area contributed by atoms with Gasteiger partial charge in [0.1, 0.15) is 11.9 Å². The molecule has 1 N–H and O–H groups in total. The second-order valence-electron chi connectivity index (χ2n) is 9.43. The van der Waals surface area contributed by atoms with E-state index in [1.807, 2.05) is 48.5 Å². The number of amides is 1. The van der Waals surface area contributed by atoms with Crippen molar-refractivity contribution in [2.75, 3.05) is 23.4 Å². The highest BCUT2D eigenvalue weighted by Crippen LogP contribution is 2.39. The van der Waals surface area contributed by atoms with Crippen molar-refractivity contribution in [2.45, 2.75) is 31.8 Å². The van der Waals surface area contributed by atoms with Gasteiger partial charge < -0.3 is 19.7 Å². The quantitative estimate of drug-likeness (QED) is 0.329. The molecule has 38 heavy (non-hydrogen) atoms. The normalized spacial score (nSPS) is 17.2. The van der Waals surface area contributed by atoms with E-state index in [1.54, 1.807) is 6.20 Å². The number of benzene rings is 3. The molecule has 2 aliphatic heterocycles. The summed E-state index contributed by atoms with van der Waals surface area (Å²) in [6.45, 7) is 1.46. The van der Waals surface area contributed by atoms with Crippen molar-refractivity contribution >= 4 is 28.2 Å². The molecule has 0 saturated carbocycles. The molecular formula is C29H24F3N3O3. The molecule has 0 aliphatic carbocycles. The number of rotatable bonds is 6. The lowest BCUT2D eigenvalue weighted by Crippen LogP contribution is -2.24. The summed E-state index contributed by atoms with van der Waals surface area (Å²) < 4.78 is 52.3. The number of aromatic nitrogens is 1. The summed E-state index contributed by atoms with van der Waals surface area (Å²) in [6.07, 6.45) is -2.56. The largest absolute Gasteiger partial charge is 0.488 e. The number of hydrogen-bond acceptors (Lipinski definition) is 5. The zero-order valence-corrected chi connectivity index (χ0v) is 20.3. The molecule has 0 unspecified atom stereocenters. The van der Waals surface area contributed by atoms with E-state index in [9.17, 15) is 18.0 Å². The van der Waals surface area contributed by atoms with Crippen LogP contribution in [0, 0.1) is 0 Å². The molecule has 1 fully saturated rings. The van der Waals surface area contributed by atoms with E-state index in [-0.39, 0.29) is 30.0 Å². The second-order valence-corrected chi connectivity index (χ2v) is 9.43. The number of halogens is 3. The van der Waals surface area contributed by atoms with Crippen LogP contribution in [0.2, 0.25) is 0 Å². The lowest BCUT2D eigenvalue weighted by atomic mass is 10.1. The molecule has 194 valence electrons. The standard InChI is InChI=1S/C29H24F3N3O3/c30-29(31,32)21-12-22(14-24(13-21)38-23-8-10-37-17-23)35-16-20-3-1-5-26(27(20)28(35)36)34-15-18-6-7-25-19(11-18)4-2-9-33-25/h1-7,9,11-14,23,34H,8,10,15-17H2/t23-/m1/s1. The van der Waals surface area contributed by atoms with Crippen LogP contribution in [0.25, 0.3) is 10.9 Å². The fourth-order valence-electron chi connectivity index (χ4n) is 4.92. The van der Waals surface area contributed by atoms with Gasteiger partial charge in [-0.25, -0.2) is 0 Å². The van der Waals surface area contributed by atoms with Gasteiger partial charge in [-0.1, -0.05) is 24.3 Å². The maximum atomic E-state index is 13.7. The number of nitrogens with zero attached hydrogens (tertiary/aromatic N) is 2. The van der Waals surface area contributed by atoms with Gasteiger partial charge in [-0.3, -0.25) is 9.78 Å². The van der Waals surface area contributed by atoms with E-state index < -0.39 is 11.7 Å². The minimum atomic E-state index is -4.59. The van der Waals surface area contributed by atoms with Gasteiger partial charge in [-0.05, 0) is 47.5 Å². The molecule has 1 atom stereocenters. The highest BCUT2D eigenvalue weighted by atomic mass is 19.4. The maximum absolute atomic E-state index is 13.7. The fraction of sp³-hybridized carbons (Fsp3) is 0.241. The first-order chi connectivity index (χ1) is 18.3. The molecule has 3 heterocycles. The average Bonchev–Trinajstić information content (AvgIpc) is 3.54. The Morgan fingerprint density at radius 3 is 2.79 bits per heavy atom. The van der Waals surface area contributed by atoms with E-state index in [4.69, 9.17) is 9.47 Å². The van der Waals surface area contributed by atoms with Gasteiger partial charge in [0.05, 0.1) is 36.4 Å². The number of nitrogens with one attached hydrogen (secondary N) is 1. The van der Waals surface area contributed by atoms with Gasteiger partial charge in [0.15, 0.2) is 0 Å². The van der Waals surface area contributed by atoms with Crippen molar-refractivity contribution < 1.29 is 27.4 Å². The first kappa shape index (κ1) is 24.2. The number of carbonyl (C=O) groups excluding carboxylic acids is 1. The van der Waals surface area contributed by atoms with Crippen molar-refractivity contribution in [1.82, 2.24) is 4.98 Å². The Balaban J connectivity index is 1.27. The Bertz CT molecular complexity index is 1520. The molecule has 4 aromatic rings. The minimum Gasteiger partial charge on any atom is -0.488 e. The van der Waals surface area contributed by atoms with Crippen LogP contribution in [-0.2, 0) is 24.0 Å². The Labute approximate surface area is 217 Å². The van der Waals surface area contributed by atoms with Crippen LogP contribution < -0.4 is 15.0 Å². The smallest absolute Gasteiger partial charge is 0.416 e. The van der Waals surface area contributed by atoms with Crippen molar-refractivity contribution in [3.05, 3.63) is 95.2 Å². The van der Waals surface area contributed by atoms with Crippen molar-refractivity contribution in [2.24, 2.45) is 0 Å². The summed E-state index contributed by atoms with van der Waals surface area (Å²) in [7, 11) is 0. The number of anilines is 2. The Hall–Kier alpha value is -4.11. The number of fused-ring (bicyclic) bond motifs is 2.